The quantitative estimate of drug-likeness (QED) is 0.681. The van der Waals surface area contributed by atoms with Crippen molar-refractivity contribution in [2.75, 3.05) is 13.7 Å². The van der Waals surface area contributed by atoms with Crippen molar-refractivity contribution in [2.45, 2.75) is 65.8 Å². The molecule has 1 amide bonds. The Morgan fingerprint density at radius 3 is 2.25 bits per heavy atom. The van der Waals surface area contributed by atoms with Crippen LogP contribution in [0.3, 0.4) is 0 Å². The molecule has 0 fully saturated rings. The summed E-state index contributed by atoms with van der Waals surface area (Å²) >= 11 is 0. The van der Waals surface area contributed by atoms with Crippen LogP contribution in [0.5, 0.6) is 0 Å². The SMILES string of the molecule is COC(=O)NC(C)(C(C)C)C(C)CCC(C)CCCN. The molecule has 0 aromatic heterocycles. The summed E-state index contributed by atoms with van der Waals surface area (Å²) in [6.45, 7) is 11.7. The first-order valence-electron chi connectivity index (χ1n) is 7.84. The zero-order chi connectivity index (χ0) is 15.8. The third kappa shape index (κ3) is 6.12. The number of ether oxygens (including phenoxy) is 1. The number of amides is 1. The number of hydrogen-bond acceptors (Lipinski definition) is 3. The summed E-state index contributed by atoms with van der Waals surface area (Å²) in [6.07, 6.45) is 4.21. The minimum atomic E-state index is -0.343. The third-order valence-corrected chi connectivity index (χ3v) is 4.77. The number of rotatable bonds is 9. The van der Waals surface area contributed by atoms with Crippen LogP contribution in [0.15, 0.2) is 0 Å². The molecule has 0 radical (unpaired) electrons. The summed E-state index contributed by atoms with van der Waals surface area (Å²) < 4.78 is 4.76. The van der Waals surface area contributed by atoms with Crippen molar-refractivity contribution in [3.63, 3.8) is 0 Å². The number of nitrogens with two attached hydrogens (primary N) is 1. The standard InChI is InChI=1S/C16H34N2O2/c1-12(2)16(5,18-15(19)20-6)14(4)10-9-13(3)8-7-11-17/h12-14H,7-11,17H2,1-6H3,(H,18,19). The van der Waals surface area contributed by atoms with Crippen LogP contribution in [-0.4, -0.2) is 25.3 Å². The van der Waals surface area contributed by atoms with Crippen LogP contribution < -0.4 is 11.1 Å². The van der Waals surface area contributed by atoms with E-state index in [4.69, 9.17) is 10.5 Å². The third-order valence-electron chi connectivity index (χ3n) is 4.77. The van der Waals surface area contributed by atoms with Crippen molar-refractivity contribution in [2.24, 2.45) is 23.5 Å². The van der Waals surface area contributed by atoms with E-state index in [9.17, 15) is 4.79 Å². The molecule has 0 saturated carbocycles. The Kier molecular flexibility index (Phi) is 8.86. The summed E-state index contributed by atoms with van der Waals surface area (Å²) in [5.74, 6) is 1.45. The number of carbonyl (C=O) groups excluding carboxylic acids is 1. The molecule has 0 aliphatic heterocycles. The molecule has 120 valence electrons. The van der Waals surface area contributed by atoms with Gasteiger partial charge in [0.1, 0.15) is 0 Å². The molecular formula is C16H34N2O2. The van der Waals surface area contributed by atoms with Gasteiger partial charge in [0.2, 0.25) is 0 Å². The maximum Gasteiger partial charge on any atom is 0.407 e. The molecule has 0 heterocycles. The van der Waals surface area contributed by atoms with E-state index in [1.54, 1.807) is 0 Å². The second-order valence-corrected chi connectivity index (χ2v) is 6.57. The lowest BCUT2D eigenvalue weighted by atomic mass is 9.75. The van der Waals surface area contributed by atoms with Crippen LogP contribution in [0, 0.1) is 17.8 Å². The zero-order valence-electron chi connectivity index (χ0n) is 14.2. The molecule has 0 aliphatic carbocycles. The Labute approximate surface area is 124 Å². The first-order valence-corrected chi connectivity index (χ1v) is 7.84. The summed E-state index contributed by atoms with van der Waals surface area (Å²) in [5, 5.41) is 3.03. The molecule has 0 rings (SSSR count). The van der Waals surface area contributed by atoms with Gasteiger partial charge in [-0.1, -0.05) is 34.1 Å². The molecule has 0 aromatic rings. The molecule has 3 atom stereocenters. The molecule has 0 aromatic carbocycles. The van der Waals surface area contributed by atoms with E-state index in [0.29, 0.717) is 17.8 Å². The maximum absolute atomic E-state index is 11.6. The van der Waals surface area contributed by atoms with Crippen LogP contribution in [0.1, 0.15) is 60.3 Å². The highest BCUT2D eigenvalue weighted by atomic mass is 16.5. The minimum Gasteiger partial charge on any atom is -0.453 e. The first-order chi connectivity index (χ1) is 9.27. The summed E-state index contributed by atoms with van der Waals surface area (Å²) in [5.41, 5.74) is 5.32. The molecule has 4 nitrogen and oxygen atoms in total. The van der Waals surface area contributed by atoms with Gasteiger partial charge in [0.05, 0.1) is 7.11 Å². The van der Waals surface area contributed by atoms with E-state index in [-0.39, 0.29) is 11.6 Å². The van der Waals surface area contributed by atoms with Gasteiger partial charge >= 0.3 is 6.09 Å². The van der Waals surface area contributed by atoms with Gasteiger partial charge < -0.3 is 15.8 Å². The highest BCUT2D eigenvalue weighted by molar-refractivity contribution is 5.68. The lowest BCUT2D eigenvalue weighted by Gasteiger charge is -2.40. The van der Waals surface area contributed by atoms with Gasteiger partial charge in [0.25, 0.3) is 0 Å². The fourth-order valence-corrected chi connectivity index (χ4v) is 2.55. The van der Waals surface area contributed by atoms with Gasteiger partial charge in [-0.15, -0.1) is 0 Å². The largest absolute Gasteiger partial charge is 0.453 e. The fraction of sp³-hybridized carbons (Fsp3) is 0.938. The molecule has 0 spiro atoms. The van der Waals surface area contributed by atoms with E-state index in [2.05, 4.69) is 39.9 Å². The lowest BCUT2D eigenvalue weighted by molar-refractivity contribution is 0.120. The first kappa shape index (κ1) is 19.2. The van der Waals surface area contributed by atoms with Gasteiger partial charge in [-0.3, -0.25) is 0 Å². The average molecular weight is 286 g/mol. The van der Waals surface area contributed by atoms with Crippen LogP contribution >= 0.6 is 0 Å². The number of carbonyl (C=O) groups is 1. The molecule has 3 unspecified atom stereocenters. The Bertz CT molecular complexity index is 282. The molecule has 3 N–H and O–H groups in total. The second-order valence-electron chi connectivity index (χ2n) is 6.57. The number of alkyl carbamates (subject to hydrolysis) is 1. The van der Waals surface area contributed by atoms with E-state index in [0.717, 1.165) is 19.4 Å². The Morgan fingerprint density at radius 1 is 1.20 bits per heavy atom. The summed E-state index contributed by atoms with van der Waals surface area (Å²) in [6, 6.07) is 0. The number of methoxy groups -OCH3 is 1. The highest BCUT2D eigenvalue weighted by Gasteiger charge is 2.36. The fourth-order valence-electron chi connectivity index (χ4n) is 2.55. The van der Waals surface area contributed by atoms with Crippen molar-refractivity contribution in [3.8, 4) is 0 Å². The molecule has 4 heteroatoms. The maximum atomic E-state index is 11.6. The van der Waals surface area contributed by atoms with Gasteiger partial charge in [0, 0.05) is 5.54 Å². The molecular weight excluding hydrogens is 252 g/mol. The van der Waals surface area contributed by atoms with Crippen molar-refractivity contribution < 1.29 is 9.53 Å². The monoisotopic (exact) mass is 286 g/mol. The van der Waals surface area contributed by atoms with Crippen LogP contribution in [0.2, 0.25) is 0 Å². The normalized spacial score (nSPS) is 17.4. The molecule has 0 saturated heterocycles. The van der Waals surface area contributed by atoms with Crippen LogP contribution in [-0.2, 0) is 4.74 Å². The van der Waals surface area contributed by atoms with Gasteiger partial charge in [-0.2, -0.15) is 0 Å². The molecule has 0 aliphatic rings. The van der Waals surface area contributed by atoms with E-state index >= 15 is 0 Å². The van der Waals surface area contributed by atoms with E-state index in [1.165, 1.54) is 20.0 Å². The van der Waals surface area contributed by atoms with Crippen LogP contribution in [0.25, 0.3) is 0 Å². The smallest absolute Gasteiger partial charge is 0.407 e. The van der Waals surface area contributed by atoms with E-state index < -0.39 is 0 Å². The number of nitrogens with one attached hydrogen (secondary N) is 1. The van der Waals surface area contributed by atoms with Gasteiger partial charge in [0.15, 0.2) is 0 Å². The van der Waals surface area contributed by atoms with E-state index in [1.807, 2.05) is 0 Å². The number of hydrogen-bond donors (Lipinski definition) is 2. The predicted octanol–water partition coefficient (Wildman–Crippen LogP) is 3.55. The highest BCUT2D eigenvalue weighted by Crippen LogP contribution is 2.31. The Hall–Kier alpha value is -0.770. The average Bonchev–Trinajstić information content (AvgIpc) is 2.41. The molecule has 0 bridgehead atoms. The minimum absolute atomic E-state index is 0.235. The van der Waals surface area contributed by atoms with Crippen molar-refractivity contribution in [1.29, 1.82) is 0 Å². The van der Waals surface area contributed by atoms with Gasteiger partial charge in [-0.05, 0) is 50.5 Å². The Morgan fingerprint density at radius 2 is 1.80 bits per heavy atom. The summed E-state index contributed by atoms with van der Waals surface area (Å²) in [4.78, 5) is 11.6. The second kappa shape index (κ2) is 9.22. The predicted molar refractivity (Wildman–Crippen MR) is 84.6 cm³/mol. The van der Waals surface area contributed by atoms with Crippen molar-refractivity contribution in [3.05, 3.63) is 0 Å². The molecule has 20 heavy (non-hydrogen) atoms. The Balaban J connectivity index is 4.49. The van der Waals surface area contributed by atoms with Crippen LogP contribution in [0.4, 0.5) is 4.79 Å². The lowest BCUT2D eigenvalue weighted by Crippen LogP contribution is -2.54. The zero-order valence-corrected chi connectivity index (χ0v) is 14.2. The van der Waals surface area contributed by atoms with Crippen molar-refractivity contribution >= 4 is 6.09 Å². The van der Waals surface area contributed by atoms with Crippen molar-refractivity contribution in [1.82, 2.24) is 5.32 Å². The van der Waals surface area contributed by atoms with Gasteiger partial charge in [-0.25, -0.2) is 4.79 Å². The topological polar surface area (TPSA) is 64.3 Å². The summed E-state index contributed by atoms with van der Waals surface area (Å²) in [7, 11) is 1.41.